The molecule has 12 heteroatoms. The van der Waals surface area contributed by atoms with Crippen LogP contribution in [0.15, 0.2) is 81.0 Å². The summed E-state index contributed by atoms with van der Waals surface area (Å²) >= 11 is 5.73. The maximum atomic E-state index is 14.1. The second kappa shape index (κ2) is 11.4. The minimum atomic E-state index is -0.804. The molecule has 3 heterocycles. The highest BCUT2D eigenvalue weighted by Crippen LogP contribution is 2.54. The van der Waals surface area contributed by atoms with Gasteiger partial charge in [0, 0.05) is 26.5 Å². The molecule has 4 aromatic rings. The predicted octanol–water partition coefficient (Wildman–Crippen LogP) is 5.33. The van der Waals surface area contributed by atoms with Gasteiger partial charge in [0.2, 0.25) is 11.8 Å². The van der Waals surface area contributed by atoms with E-state index in [2.05, 4.69) is 26.2 Å². The van der Waals surface area contributed by atoms with Gasteiger partial charge in [-0.05, 0) is 67.1 Å². The highest BCUT2D eigenvalue weighted by molar-refractivity contribution is 9.10. The monoisotopic (exact) mass is 665 g/mol. The highest BCUT2D eigenvalue weighted by Gasteiger charge is 2.56. The van der Waals surface area contributed by atoms with Gasteiger partial charge in [0.05, 0.1) is 23.7 Å². The molecule has 0 bridgehead atoms. The number of amides is 3. The zero-order valence-electron chi connectivity index (χ0n) is 22.4. The van der Waals surface area contributed by atoms with Crippen LogP contribution in [0.3, 0.4) is 0 Å². The number of thioether (sulfide) groups is 1. The summed E-state index contributed by atoms with van der Waals surface area (Å²) in [6, 6.07) is 19.5. The topological polar surface area (TPSA) is 118 Å². The maximum Gasteiger partial charge on any atom is 0.305 e. The van der Waals surface area contributed by atoms with E-state index in [9.17, 15) is 19.2 Å². The van der Waals surface area contributed by atoms with Gasteiger partial charge >= 0.3 is 4.87 Å². The predicted molar refractivity (Wildman–Crippen MR) is 165 cm³/mol. The van der Waals surface area contributed by atoms with Crippen LogP contribution in [0.25, 0.3) is 0 Å². The number of aromatic amines is 1. The minimum Gasteiger partial charge on any atom is -0.497 e. The van der Waals surface area contributed by atoms with Crippen LogP contribution in [0.2, 0.25) is 0 Å². The number of anilines is 2. The number of ether oxygens (including phenoxy) is 2. The molecule has 2 aliphatic rings. The van der Waals surface area contributed by atoms with E-state index in [1.54, 1.807) is 49.6 Å². The summed E-state index contributed by atoms with van der Waals surface area (Å²) in [6.45, 7) is 1.66. The number of carbonyl (C=O) groups excluding carboxylic acids is 3. The molecule has 42 heavy (non-hydrogen) atoms. The second-order valence-corrected chi connectivity index (χ2v) is 12.9. The Morgan fingerprint density at radius 1 is 1.05 bits per heavy atom. The Labute approximate surface area is 257 Å². The molecule has 3 atom stereocenters. The third-order valence-corrected chi connectivity index (χ3v) is 10.0. The van der Waals surface area contributed by atoms with Gasteiger partial charge in [0.15, 0.2) is 6.61 Å². The Balaban J connectivity index is 1.36. The van der Waals surface area contributed by atoms with Crippen molar-refractivity contribution in [2.75, 3.05) is 23.9 Å². The first-order valence-electron chi connectivity index (χ1n) is 12.9. The Hall–Kier alpha value is -3.87. The van der Waals surface area contributed by atoms with Crippen molar-refractivity contribution in [2.24, 2.45) is 5.92 Å². The number of aromatic nitrogens is 1. The summed E-state index contributed by atoms with van der Waals surface area (Å²) in [5, 5.41) is 2.62. The average molecular weight is 667 g/mol. The van der Waals surface area contributed by atoms with Crippen molar-refractivity contribution in [3.05, 3.63) is 96.9 Å². The lowest BCUT2D eigenvalue weighted by atomic mass is 9.82. The van der Waals surface area contributed by atoms with Crippen molar-refractivity contribution < 1.29 is 23.9 Å². The zero-order chi connectivity index (χ0) is 29.5. The molecule has 2 N–H and O–H groups in total. The van der Waals surface area contributed by atoms with Crippen LogP contribution in [0.5, 0.6) is 11.5 Å². The number of imide groups is 1. The van der Waals surface area contributed by atoms with E-state index in [4.69, 9.17) is 9.47 Å². The van der Waals surface area contributed by atoms with Crippen LogP contribution >= 0.6 is 39.0 Å². The van der Waals surface area contributed by atoms with E-state index in [-0.39, 0.29) is 29.2 Å². The van der Waals surface area contributed by atoms with E-state index in [1.165, 1.54) is 16.7 Å². The molecule has 0 aliphatic carbocycles. The molecular weight excluding hydrogens is 642 g/mol. The summed E-state index contributed by atoms with van der Waals surface area (Å²) in [4.78, 5) is 57.5. The smallest absolute Gasteiger partial charge is 0.305 e. The second-order valence-electron chi connectivity index (χ2n) is 9.85. The molecule has 2 aliphatic heterocycles. The standard InChI is InChI=1S/C30H24BrN3O6S2/c1-15-4-3-5-17(12-15)32-22(35)14-40-21-11-6-16(31)13-20(21)23-24-26(41-27-25(23)42-30(38)33-27)29(37)34(28(24)36)18-7-9-19(39-2)10-8-18/h3-13,23-24,26H,14H2,1-2H3,(H,32,35)(H,33,38). The lowest BCUT2D eigenvalue weighted by Crippen LogP contribution is -2.32. The molecule has 1 saturated heterocycles. The van der Waals surface area contributed by atoms with Gasteiger partial charge in [-0.3, -0.25) is 19.2 Å². The number of thiazole rings is 1. The molecule has 1 aromatic heterocycles. The number of fused-ring (bicyclic) bond motifs is 2. The number of halogens is 1. The Morgan fingerprint density at radius 3 is 2.57 bits per heavy atom. The first-order chi connectivity index (χ1) is 20.2. The van der Waals surface area contributed by atoms with E-state index in [0.717, 1.165) is 21.4 Å². The lowest BCUT2D eigenvalue weighted by molar-refractivity contribution is -0.122. The van der Waals surface area contributed by atoms with Gasteiger partial charge in [-0.1, -0.05) is 51.2 Å². The number of carbonyl (C=O) groups is 3. The average Bonchev–Trinajstić information content (AvgIpc) is 3.46. The number of hydrogen-bond donors (Lipinski definition) is 2. The molecule has 3 unspecified atom stereocenters. The Kier molecular flexibility index (Phi) is 7.69. The fraction of sp³-hybridized carbons (Fsp3) is 0.200. The van der Waals surface area contributed by atoms with Gasteiger partial charge in [-0.15, -0.1) is 0 Å². The van der Waals surface area contributed by atoms with Gasteiger partial charge in [-0.25, -0.2) is 4.90 Å². The Morgan fingerprint density at radius 2 is 1.83 bits per heavy atom. The van der Waals surface area contributed by atoms with E-state index in [0.29, 0.717) is 38.3 Å². The van der Waals surface area contributed by atoms with Crippen LogP contribution in [0.4, 0.5) is 11.4 Å². The molecule has 6 rings (SSSR count). The van der Waals surface area contributed by atoms with E-state index < -0.39 is 17.1 Å². The molecule has 0 spiro atoms. The summed E-state index contributed by atoms with van der Waals surface area (Å²) in [5.74, 6) is -1.58. The molecule has 0 radical (unpaired) electrons. The number of rotatable bonds is 7. The first-order valence-corrected chi connectivity index (χ1v) is 15.4. The number of benzene rings is 3. The lowest BCUT2D eigenvalue weighted by Gasteiger charge is -2.31. The first kappa shape index (κ1) is 28.3. The zero-order valence-corrected chi connectivity index (χ0v) is 25.6. The van der Waals surface area contributed by atoms with Crippen LogP contribution < -0.4 is 24.6 Å². The van der Waals surface area contributed by atoms with Crippen molar-refractivity contribution in [2.45, 2.75) is 23.1 Å². The molecule has 3 amide bonds. The number of methoxy groups -OCH3 is 1. The molecule has 9 nitrogen and oxygen atoms in total. The van der Waals surface area contributed by atoms with Crippen molar-refractivity contribution in [3.8, 4) is 11.5 Å². The quantitative estimate of drug-likeness (QED) is 0.256. The SMILES string of the molecule is COc1ccc(N2C(=O)C3Sc4[nH]c(=O)sc4C(c4cc(Br)ccc4OCC(=O)Nc4cccc(C)c4)C3C2=O)cc1. The molecular formula is C30H24BrN3O6S2. The summed E-state index contributed by atoms with van der Waals surface area (Å²) in [5.41, 5.74) is 2.70. The molecule has 0 saturated carbocycles. The molecule has 3 aromatic carbocycles. The van der Waals surface area contributed by atoms with Crippen molar-refractivity contribution in [1.29, 1.82) is 0 Å². The largest absolute Gasteiger partial charge is 0.497 e. The van der Waals surface area contributed by atoms with Crippen LogP contribution in [0.1, 0.15) is 21.9 Å². The highest BCUT2D eigenvalue weighted by atomic mass is 79.9. The van der Waals surface area contributed by atoms with Gasteiger partial charge in [0.1, 0.15) is 16.7 Å². The normalized spacial score (nSPS) is 19.3. The van der Waals surface area contributed by atoms with Crippen molar-refractivity contribution >= 4 is 68.1 Å². The third kappa shape index (κ3) is 5.25. The van der Waals surface area contributed by atoms with E-state index in [1.807, 2.05) is 31.2 Å². The summed E-state index contributed by atoms with van der Waals surface area (Å²) < 4.78 is 12.0. The maximum absolute atomic E-state index is 14.1. The summed E-state index contributed by atoms with van der Waals surface area (Å²) in [7, 11) is 1.54. The third-order valence-electron chi connectivity index (χ3n) is 7.12. The van der Waals surface area contributed by atoms with Crippen molar-refractivity contribution in [1.82, 2.24) is 4.98 Å². The van der Waals surface area contributed by atoms with Crippen molar-refractivity contribution in [3.63, 3.8) is 0 Å². The van der Waals surface area contributed by atoms with Crippen LogP contribution in [-0.4, -0.2) is 41.7 Å². The number of hydrogen-bond acceptors (Lipinski definition) is 8. The number of nitrogens with one attached hydrogen (secondary N) is 2. The van der Waals surface area contributed by atoms with Gasteiger partial charge in [0.25, 0.3) is 5.91 Å². The number of H-pyrrole nitrogens is 1. The van der Waals surface area contributed by atoms with E-state index >= 15 is 0 Å². The Bertz CT molecular complexity index is 1770. The number of aryl methyl sites for hydroxylation is 1. The van der Waals surface area contributed by atoms with Crippen LogP contribution in [0, 0.1) is 12.8 Å². The van der Waals surface area contributed by atoms with Gasteiger partial charge < -0.3 is 19.8 Å². The molecule has 1 fully saturated rings. The molecule has 214 valence electrons. The number of nitrogens with zero attached hydrogens (tertiary/aromatic N) is 1. The minimum absolute atomic E-state index is 0.278. The fourth-order valence-electron chi connectivity index (χ4n) is 5.29. The van der Waals surface area contributed by atoms with Crippen LogP contribution in [-0.2, 0) is 14.4 Å². The fourth-order valence-corrected chi connectivity index (χ4v) is 8.18. The summed E-state index contributed by atoms with van der Waals surface area (Å²) in [6.07, 6.45) is 0. The van der Waals surface area contributed by atoms with Gasteiger partial charge in [-0.2, -0.15) is 0 Å².